The summed E-state index contributed by atoms with van der Waals surface area (Å²) in [7, 11) is 1.68. The highest BCUT2D eigenvalue weighted by Gasteiger charge is 2.26. The molecule has 1 aliphatic heterocycles. The Balaban J connectivity index is 1.31. The lowest BCUT2D eigenvalue weighted by Gasteiger charge is -2.31. The highest BCUT2D eigenvalue weighted by molar-refractivity contribution is 5.79. The number of benzene rings is 1. The van der Waals surface area contributed by atoms with Crippen molar-refractivity contribution in [2.24, 2.45) is 5.92 Å². The average molecular weight is 381 g/mol. The molecule has 0 saturated carbocycles. The zero-order valence-corrected chi connectivity index (χ0v) is 15.8. The second kappa shape index (κ2) is 8.30. The molecular weight excluding hydrogens is 358 g/mol. The maximum atomic E-state index is 12.6. The van der Waals surface area contributed by atoms with Crippen molar-refractivity contribution in [2.75, 3.05) is 25.1 Å². The van der Waals surface area contributed by atoms with E-state index in [9.17, 15) is 4.79 Å². The summed E-state index contributed by atoms with van der Waals surface area (Å²) in [5.41, 5.74) is 2.81. The molecule has 2 aromatic heterocycles. The van der Waals surface area contributed by atoms with Gasteiger partial charge in [0.2, 0.25) is 5.91 Å². The first-order valence-electron chi connectivity index (χ1n) is 9.38. The number of hydrogen-bond donors (Lipinski definition) is 1. The third-order valence-electron chi connectivity index (χ3n) is 5.12. The Morgan fingerprint density at radius 3 is 2.75 bits per heavy atom. The van der Waals surface area contributed by atoms with Gasteiger partial charge in [-0.05, 0) is 46.5 Å². The Morgan fingerprint density at radius 2 is 1.96 bits per heavy atom. The van der Waals surface area contributed by atoms with Crippen LogP contribution in [0.3, 0.4) is 0 Å². The number of nitrogens with zero attached hydrogens (tertiary/aromatic N) is 6. The standard InChI is InChI=1S/C19H23N7O2/c1-28-13-16-5-3-2-4-15(16)12-20-19(27)14-8-10-25(11-9-14)18-7-6-17-21-23-24-26(17)22-18/h2-7,14H,8-13H2,1H3,(H,20,27). The van der Waals surface area contributed by atoms with Crippen molar-refractivity contribution in [3.05, 3.63) is 47.5 Å². The Morgan fingerprint density at radius 1 is 1.18 bits per heavy atom. The molecule has 28 heavy (non-hydrogen) atoms. The average Bonchev–Trinajstić information content (AvgIpc) is 3.21. The predicted octanol–water partition coefficient (Wildman–Crippen LogP) is 1.20. The van der Waals surface area contributed by atoms with Crippen LogP contribution in [0.1, 0.15) is 24.0 Å². The van der Waals surface area contributed by atoms with E-state index >= 15 is 0 Å². The number of methoxy groups -OCH3 is 1. The lowest BCUT2D eigenvalue weighted by atomic mass is 9.95. The third-order valence-corrected chi connectivity index (χ3v) is 5.12. The number of hydrogen-bond acceptors (Lipinski definition) is 7. The van der Waals surface area contributed by atoms with E-state index in [1.807, 2.05) is 36.4 Å². The van der Waals surface area contributed by atoms with Crippen LogP contribution in [0.4, 0.5) is 5.82 Å². The van der Waals surface area contributed by atoms with Gasteiger partial charge in [-0.3, -0.25) is 4.79 Å². The molecule has 3 heterocycles. The number of carbonyl (C=O) groups excluding carboxylic acids is 1. The van der Waals surface area contributed by atoms with Crippen LogP contribution in [0, 0.1) is 5.92 Å². The van der Waals surface area contributed by atoms with E-state index in [4.69, 9.17) is 4.74 Å². The molecule has 0 unspecified atom stereocenters. The summed E-state index contributed by atoms with van der Waals surface area (Å²) in [6, 6.07) is 11.8. The summed E-state index contributed by atoms with van der Waals surface area (Å²) in [5.74, 6) is 0.950. The second-order valence-electron chi connectivity index (χ2n) is 6.90. The summed E-state index contributed by atoms with van der Waals surface area (Å²) in [5, 5.41) is 18.8. The largest absolute Gasteiger partial charge is 0.380 e. The molecule has 0 bridgehead atoms. The molecule has 0 spiro atoms. The zero-order chi connectivity index (χ0) is 19.3. The van der Waals surface area contributed by atoms with Gasteiger partial charge >= 0.3 is 0 Å². The molecule has 1 aromatic carbocycles. The predicted molar refractivity (Wildman–Crippen MR) is 103 cm³/mol. The number of anilines is 1. The molecule has 3 aromatic rings. The smallest absolute Gasteiger partial charge is 0.223 e. The minimum atomic E-state index is 0.0163. The van der Waals surface area contributed by atoms with E-state index in [1.54, 1.807) is 7.11 Å². The monoisotopic (exact) mass is 381 g/mol. The van der Waals surface area contributed by atoms with E-state index < -0.39 is 0 Å². The molecule has 1 aliphatic rings. The molecule has 0 aliphatic carbocycles. The molecule has 1 amide bonds. The molecular formula is C19H23N7O2. The molecule has 9 heteroatoms. The van der Waals surface area contributed by atoms with Crippen LogP contribution >= 0.6 is 0 Å². The first-order valence-corrected chi connectivity index (χ1v) is 9.38. The van der Waals surface area contributed by atoms with E-state index in [-0.39, 0.29) is 11.8 Å². The number of aromatic nitrogens is 5. The SMILES string of the molecule is COCc1ccccc1CNC(=O)C1CCN(c2ccc3nnnn3n2)CC1. The van der Waals surface area contributed by atoms with Crippen molar-refractivity contribution in [3.63, 3.8) is 0 Å². The van der Waals surface area contributed by atoms with Crippen LogP contribution < -0.4 is 10.2 Å². The molecule has 4 rings (SSSR count). The zero-order valence-electron chi connectivity index (χ0n) is 15.8. The van der Waals surface area contributed by atoms with Crippen molar-refractivity contribution in [2.45, 2.75) is 26.0 Å². The molecule has 0 atom stereocenters. The maximum absolute atomic E-state index is 12.6. The number of fused-ring (bicyclic) bond motifs is 1. The normalized spacial score (nSPS) is 15.1. The highest BCUT2D eigenvalue weighted by Crippen LogP contribution is 2.22. The van der Waals surface area contributed by atoms with Crippen molar-refractivity contribution >= 4 is 17.4 Å². The lowest BCUT2D eigenvalue weighted by molar-refractivity contribution is -0.125. The van der Waals surface area contributed by atoms with Crippen LogP contribution in [0.5, 0.6) is 0 Å². The van der Waals surface area contributed by atoms with Crippen molar-refractivity contribution in [3.8, 4) is 0 Å². The topological polar surface area (TPSA) is 97.5 Å². The van der Waals surface area contributed by atoms with Gasteiger partial charge in [-0.25, -0.2) is 0 Å². The van der Waals surface area contributed by atoms with Crippen LogP contribution in [-0.2, 0) is 22.7 Å². The molecule has 1 N–H and O–H groups in total. The van der Waals surface area contributed by atoms with Gasteiger partial charge in [0.05, 0.1) is 6.61 Å². The number of nitrogens with one attached hydrogen (secondary N) is 1. The van der Waals surface area contributed by atoms with Gasteiger partial charge in [0, 0.05) is 32.7 Å². The second-order valence-corrected chi connectivity index (χ2v) is 6.90. The van der Waals surface area contributed by atoms with Crippen molar-refractivity contribution in [1.82, 2.24) is 30.6 Å². The van der Waals surface area contributed by atoms with Gasteiger partial charge in [-0.15, -0.1) is 14.8 Å². The number of ether oxygens (including phenoxy) is 1. The summed E-state index contributed by atoms with van der Waals surface area (Å²) in [6.07, 6.45) is 1.59. The molecule has 1 saturated heterocycles. The van der Waals surface area contributed by atoms with Gasteiger partial charge in [0.15, 0.2) is 11.5 Å². The van der Waals surface area contributed by atoms with E-state index in [1.165, 1.54) is 4.63 Å². The molecule has 0 radical (unpaired) electrons. The van der Waals surface area contributed by atoms with E-state index in [0.29, 0.717) is 18.8 Å². The number of carbonyl (C=O) groups is 1. The van der Waals surface area contributed by atoms with E-state index in [0.717, 1.165) is 42.9 Å². The minimum absolute atomic E-state index is 0.0163. The molecule has 9 nitrogen and oxygen atoms in total. The van der Waals surface area contributed by atoms with Gasteiger partial charge in [0.1, 0.15) is 0 Å². The summed E-state index contributed by atoms with van der Waals surface area (Å²) < 4.78 is 6.65. The van der Waals surface area contributed by atoms with E-state index in [2.05, 4.69) is 30.8 Å². The highest BCUT2D eigenvalue weighted by atomic mass is 16.5. The summed E-state index contributed by atoms with van der Waals surface area (Å²) >= 11 is 0. The quantitative estimate of drug-likeness (QED) is 0.685. The molecule has 146 valence electrons. The molecule has 1 fully saturated rings. The first kappa shape index (κ1) is 18.3. The van der Waals surface area contributed by atoms with Gasteiger partial charge in [-0.2, -0.15) is 0 Å². The summed E-state index contributed by atoms with van der Waals surface area (Å²) in [6.45, 7) is 2.62. The minimum Gasteiger partial charge on any atom is -0.380 e. The Kier molecular flexibility index (Phi) is 5.43. The fraction of sp³-hybridized carbons (Fsp3) is 0.421. The van der Waals surface area contributed by atoms with Crippen molar-refractivity contribution in [1.29, 1.82) is 0 Å². The summed E-state index contributed by atoms with van der Waals surface area (Å²) in [4.78, 5) is 14.8. The van der Waals surface area contributed by atoms with Crippen LogP contribution in [0.2, 0.25) is 0 Å². The van der Waals surface area contributed by atoms with Crippen LogP contribution in [-0.4, -0.2) is 51.4 Å². The maximum Gasteiger partial charge on any atom is 0.223 e. The third kappa shape index (κ3) is 3.94. The fourth-order valence-electron chi connectivity index (χ4n) is 3.53. The lowest BCUT2D eigenvalue weighted by Crippen LogP contribution is -2.40. The number of tetrazole rings is 1. The number of rotatable bonds is 6. The Hall–Kier alpha value is -3.07. The van der Waals surface area contributed by atoms with Gasteiger partial charge in [-0.1, -0.05) is 24.3 Å². The fourth-order valence-corrected chi connectivity index (χ4v) is 3.53. The van der Waals surface area contributed by atoms with Crippen LogP contribution in [0.15, 0.2) is 36.4 Å². The van der Waals surface area contributed by atoms with Crippen molar-refractivity contribution < 1.29 is 9.53 Å². The number of piperidine rings is 1. The number of amides is 1. The van der Waals surface area contributed by atoms with Gasteiger partial charge in [0.25, 0.3) is 0 Å². The van der Waals surface area contributed by atoms with Crippen LogP contribution in [0.25, 0.3) is 5.65 Å². The first-order chi connectivity index (χ1) is 13.7. The van der Waals surface area contributed by atoms with Gasteiger partial charge < -0.3 is 15.0 Å². The Bertz CT molecular complexity index is 950. The Labute approximate surface area is 162 Å².